The monoisotopic (exact) mass is 396 g/mol. The summed E-state index contributed by atoms with van der Waals surface area (Å²) in [5.74, 6) is 1.27. The number of nitrogens with zero attached hydrogens (tertiary/aromatic N) is 7. The molecule has 28 heavy (non-hydrogen) atoms. The van der Waals surface area contributed by atoms with Gasteiger partial charge in [-0.05, 0) is 18.2 Å². The lowest BCUT2D eigenvalue weighted by Gasteiger charge is -2.35. The van der Waals surface area contributed by atoms with Crippen LogP contribution in [0.3, 0.4) is 0 Å². The van der Waals surface area contributed by atoms with Crippen LogP contribution in [0.2, 0.25) is 5.02 Å². The first-order valence-electron chi connectivity index (χ1n) is 9.05. The molecule has 1 aromatic carbocycles. The van der Waals surface area contributed by atoms with E-state index >= 15 is 0 Å². The first-order chi connectivity index (χ1) is 13.7. The van der Waals surface area contributed by atoms with Crippen LogP contribution in [0.5, 0.6) is 0 Å². The molecule has 9 heteroatoms. The van der Waals surface area contributed by atoms with Gasteiger partial charge < -0.3 is 20.1 Å². The maximum atomic E-state index is 6.42. The molecule has 2 aromatic heterocycles. The second-order valence-corrected chi connectivity index (χ2v) is 6.81. The summed E-state index contributed by atoms with van der Waals surface area (Å²) in [4.78, 5) is 21.5. The van der Waals surface area contributed by atoms with Crippen molar-refractivity contribution in [2.24, 2.45) is 10.7 Å². The van der Waals surface area contributed by atoms with E-state index < -0.39 is 0 Å². The Morgan fingerprint density at radius 3 is 2.57 bits per heavy atom. The zero-order valence-corrected chi connectivity index (χ0v) is 16.1. The summed E-state index contributed by atoms with van der Waals surface area (Å²) in [5, 5.41) is 0.661. The summed E-state index contributed by atoms with van der Waals surface area (Å²) in [6, 6.07) is 7.59. The van der Waals surface area contributed by atoms with Gasteiger partial charge in [-0.2, -0.15) is 0 Å². The van der Waals surface area contributed by atoms with Crippen LogP contribution in [0.15, 0.2) is 60.4 Å². The number of hydrogen-bond donors (Lipinski definition) is 1. The molecule has 4 rings (SSSR count). The molecule has 1 fully saturated rings. The van der Waals surface area contributed by atoms with E-state index in [9.17, 15) is 0 Å². The van der Waals surface area contributed by atoms with E-state index in [4.69, 9.17) is 17.3 Å². The first-order valence-corrected chi connectivity index (χ1v) is 9.43. The van der Waals surface area contributed by atoms with Gasteiger partial charge >= 0.3 is 0 Å². The van der Waals surface area contributed by atoms with Crippen LogP contribution in [0, 0.1) is 0 Å². The van der Waals surface area contributed by atoms with E-state index in [1.807, 2.05) is 35.0 Å². The third-order valence-electron chi connectivity index (χ3n) is 4.71. The maximum Gasteiger partial charge on any atom is 0.225 e. The number of hydrogen-bond acceptors (Lipinski definition) is 5. The van der Waals surface area contributed by atoms with E-state index in [-0.39, 0.29) is 0 Å². The molecule has 0 unspecified atom stereocenters. The van der Waals surface area contributed by atoms with Crippen molar-refractivity contribution in [3.05, 3.63) is 66.0 Å². The van der Waals surface area contributed by atoms with Crippen LogP contribution in [-0.4, -0.2) is 56.6 Å². The fourth-order valence-electron chi connectivity index (χ4n) is 3.20. The highest BCUT2D eigenvalue weighted by Gasteiger charge is 2.20. The Morgan fingerprint density at radius 2 is 1.86 bits per heavy atom. The van der Waals surface area contributed by atoms with Crippen LogP contribution in [0.1, 0.15) is 5.56 Å². The smallest absolute Gasteiger partial charge is 0.225 e. The summed E-state index contributed by atoms with van der Waals surface area (Å²) >= 11 is 6.42. The van der Waals surface area contributed by atoms with E-state index in [1.165, 1.54) is 0 Å². The molecule has 0 radical (unpaired) electrons. The molecule has 2 N–H and O–H groups in total. The van der Waals surface area contributed by atoms with Crippen LogP contribution < -0.4 is 10.6 Å². The summed E-state index contributed by atoms with van der Waals surface area (Å²) in [6.07, 6.45) is 8.87. The van der Waals surface area contributed by atoms with Crippen molar-refractivity contribution in [1.82, 2.24) is 24.4 Å². The number of aliphatic imine (C=N–C) groups is 1. The Kier molecular flexibility index (Phi) is 5.38. The minimum atomic E-state index is 0.404. The lowest BCUT2D eigenvalue weighted by Crippen LogP contribution is -2.51. The predicted octanol–water partition coefficient (Wildman–Crippen LogP) is 1.95. The molecule has 0 atom stereocenters. The van der Waals surface area contributed by atoms with Crippen molar-refractivity contribution < 1.29 is 0 Å². The third kappa shape index (κ3) is 3.91. The minimum absolute atomic E-state index is 0.404. The highest BCUT2D eigenvalue weighted by molar-refractivity contribution is 6.31. The zero-order chi connectivity index (χ0) is 19.3. The summed E-state index contributed by atoms with van der Waals surface area (Å²) in [7, 11) is 0. The van der Waals surface area contributed by atoms with Crippen molar-refractivity contribution >= 4 is 23.5 Å². The van der Waals surface area contributed by atoms with Gasteiger partial charge in [0.2, 0.25) is 5.95 Å². The minimum Gasteiger partial charge on any atom is -0.370 e. The Hall–Kier alpha value is -3.13. The normalized spacial score (nSPS) is 15.1. The summed E-state index contributed by atoms with van der Waals surface area (Å²) in [6.45, 7) is 3.54. The molecule has 8 nitrogen and oxygen atoms in total. The standard InChI is InChI=1S/C19H21ClN8/c20-16-3-1-4-17(28-8-7-22-14-28)15(16)13-25-18(21)26-9-11-27(12-10-26)19-23-5-2-6-24-19/h1-8,14H,9-13H2,(H2,21,25). The molecule has 0 spiro atoms. The topological polar surface area (TPSA) is 88.5 Å². The fourth-order valence-corrected chi connectivity index (χ4v) is 3.43. The van der Waals surface area contributed by atoms with Crippen LogP contribution >= 0.6 is 11.6 Å². The molecular formula is C19H21ClN8. The molecule has 0 amide bonds. The molecular weight excluding hydrogens is 376 g/mol. The quantitative estimate of drug-likeness (QED) is 0.535. The van der Waals surface area contributed by atoms with Gasteiger partial charge in [-0.3, -0.25) is 0 Å². The average Bonchev–Trinajstić information content (AvgIpc) is 3.28. The highest BCUT2D eigenvalue weighted by atomic mass is 35.5. The first kappa shape index (κ1) is 18.2. The molecule has 3 heterocycles. The molecule has 3 aromatic rings. The van der Waals surface area contributed by atoms with Crippen LogP contribution in [-0.2, 0) is 6.54 Å². The SMILES string of the molecule is NC(=NCc1c(Cl)cccc1-n1ccnc1)N1CCN(c2ncccn2)CC1. The number of nitrogens with two attached hydrogens (primary N) is 1. The van der Waals surface area contributed by atoms with Gasteiger partial charge in [-0.1, -0.05) is 17.7 Å². The van der Waals surface area contributed by atoms with Crippen molar-refractivity contribution in [2.75, 3.05) is 31.1 Å². The lowest BCUT2D eigenvalue weighted by atomic mass is 10.1. The molecule has 1 saturated heterocycles. The molecule has 1 aliphatic heterocycles. The second kappa shape index (κ2) is 8.26. The fraction of sp³-hybridized carbons (Fsp3) is 0.263. The number of anilines is 1. The van der Waals surface area contributed by atoms with Crippen molar-refractivity contribution in [2.45, 2.75) is 6.54 Å². The van der Waals surface area contributed by atoms with Crippen LogP contribution in [0.25, 0.3) is 5.69 Å². The van der Waals surface area contributed by atoms with E-state index in [0.717, 1.165) is 43.4 Å². The number of imidazole rings is 1. The van der Waals surface area contributed by atoms with E-state index in [0.29, 0.717) is 17.5 Å². The van der Waals surface area contributed by atoms with Crippen LogP contribution in [0.4, 0.5) is 5.95 Å². The number of rotatable bonds is 4. The molecule has 0 aliphatic carbocycles. The van der Waals surface area contributed by atoms with Gasteiger partial charge in [0.25, 0.3) is 0 Å². The number of halogens is 1. The predicted molar refractivity (Wildman–Crippen MR) is 110 cm³/mol. The van der Waals surface area contributed by atoms with Crippen molar-refractivity contribution in [3.63, 3.8) is 0 Å². The summed E-state index contributed by atoms with van der Waals surface area (Å²) in [5.41, 5.74) is 8.13. The number of benzene rings is 1. The van der Waals surface area contributed by atoms with Gasteiger partial charge in [0.05, 0.1) is 18.6 Å². The van der Waals surface area contributed by atoms with Crippen molar-refractivity contribution in [1.29, 1.82) is 0 Å². The average molecular weight is 397 g/mol. The Balaban J connectivity index is 1.44. The Labute approximate surface area is 168 Å². The summed E-state index contributed by atoms with van der Waals surface area (Å²) < 4.78 is 1.92. The highest BCUT2D eigenvalue weighted by Crippen LogP contribution is 2.24. The zero-order valence-electron chi connectivity index (χ0n) is 15.3. The van der Waals surface area contributed by atoms with Gasteiger partial charge in [-0.25, -0.2) is 19.9 Å². The molecule has 144 valence electrons. The number of piperazine rings is 1. The number of guanidine groups is 1. The third-order valence-corrected chi connectivity index (χ3v) is 5.07. The molecule has 0 bridgehead atoms. The molecule has 0 saturated carbocycles. The van der Waals surface area contributed by atoms with Crippen molar-refractivity contribution in [3.8, 4) is 5.69 Å². The number of aromatic nitrogens is 4. The lowest BCUT2D eigenvalue weighted by molar-refractivity contribution is 0.378. The van der Waals surface area contributed by atoms with Gasteiger partial charge in [-0.15, -0.1) is 0 Å². The van der Waals surface area contributed by atoms with Gasteiger partial charge in [0, 0.05) is 61.6 Å². The second-order valence-electron chi connectivity index (χ2n) is 6.40. The molecule has 1 aliphatic rings. The Bertz CT molecular complexity index is 934. The van der Waals surface area contributed by atoms with Gasteiger partial charge in [0.15, 0.2) is 5.96 Å². The maximum absolute atomic E-state index is 6.42. The Morgan fingerprint density at radius 1 is 1.07 bits per heavy atom. The van der Waals surface area contributed by atoms with E-state index in [2.05, 4.69) is 29.7 Å². The van der Waals surface area contributed by atoms with Gasteiger partial charge in [0.1, 0.15) is 0 Å². The largest absolute Gasteiger partial charge is 0.370 e. The van der Waals surface area contributed by atoms with E-state index in [1.54, 1.807) is 24.9 Å².